The van der Waals surface area contributed by atoms with Crippen LogP contribution < -0.4 is 10.2 Å². The number of hydrogen-bond acceptors (Lipinski definition) is 6. The highest BCUT2D eigenvalue weighted by Crippen LogP contribution is 2.35. The molecule has 0 aromatic heterocycles. The van der Waals surface area contributed by atoms with Crippen LogP contribution in [-0.2, 0) is 17.6 Å². The Morgan fingerprint density at radius 3 is 2.29 bits per heavy atom. The zero-order valence-electron chi connectivity index (χ0n) is 17.7. The Morgan fingerprint density at radius 2 is 1.65 bits per heavy atom. The smallest absolute Gasteiger partial charge is 0.371 e. The molecule has 0 spiro atoms. The van der Waals surface area contributed by atoms with Crippen molar-refractivity contribution in [3.8, 4) is 0 Å². The van der Waals surface area contributed by atoms with E-state index in [4.69, 9.17) is 4.84 Å². The maximum absolute atomic E-state index is 13.2. The minimum Gasteiger partial charge on any atom is -0.371 e. The van der Waals surface area contributed by atoms with Gasteiger partial charge >= 0.3 is 12.3 Å². The van der Waals surface area contributed by atoms with Gasteiger partial charge in [0.1, 0.15) is 0 Å². The number of nitrogens with zero attached hydrogens (tertiary/aromatic N) is 4. The summed E-state index contributed by atoms with van der Waals surface area (Å²) < 4.78 is 39.7. The third-order valence-corrected chi connectivity index (χ3v) is 6.17. The van der Waals surface area contributed by atoms with E-state index in [2.05, 4.69) is 15.1 Å². The molecule has 31 heavy (non-hydrogen) atoms. The van der Waals surface area contributed by atoms with Crippen LogP contribution in [0.15, 0.2) is 18.2 Å². The number of piperazine rings is 2. The lowest BCUT2D eigenvalue weighted by atomic mass is 10.1. The summed E-state index contributed by atoms with van der Waals surface area (Å²) in [5.74, 6) is 0. The average Bonchev–Trinajstić information content (AvgIpc) is 3.30. The number of alkyl halides is 3. The van der Waals surface area contributed by atoms with Crippen LogP contribution in [-0.4, -0.2) is 86.4 Å². The Morgan fingerprint density at radius 1 is 0.968 bits per heavy atom. The number of nitrogens with one attached hydrogen (secondary N) is 1. The molecule has 0 atom stereocenters. The Hall–Kier alpha value is -2.04. The molecule has 3 aliphatic rings. The zero-order chi connectivity index (χ0) is 21.8. The lowest BCUT2D eigenvalue weighted by Crippen LogP contribution is -2.51. The van der Waals surface area contributed by atoms with Gasteiger partial charge in [0.25, 0.3) is 0 Å². The largest absolute Gasteiger partial charge is 0.429 e. The molecule has 10 heteroatoms. The molecule has 172 valence electrons. The number of carbonyl (C=O) groups excluding carboxylic acids is 1. The minimum atomic E-state index is -4.34. The van der Waals surface area contributed by atoms with E-state index in [1.807, 2.05) is 0 Å². The van der Waals surface area contributed by atoms with E-state index in [1.165, 1.54) is 12.1 Å². The first-order valence-electron chi connectivity index (χ1n) is 11.0. The van der Waals surface area contributed by atoms with Crippen LogP contribution in [0.5, 0.6) is 0 Å². The summed E-state index contributed by atoms with van der Waals surface area (Å²) in [5.41, 5.74) is 1.02. The van der Waals surface area contributed by atoms with Gasteiger partial charge in [-0.1, -0.05) is 6.07 Å². The summed E-state index contributed by atoms with van der Waals surface area (Å²) in [7, 11) is 0. The molecule has 3 fully saturated rings. The highest BCUT2D eigenvalue weighted by molar-refractivity contribution is 5.67. The minimum absolute atomic E-state index is 0.311. The van der Waals surface area contributed by atoms with E-state index in [0.29, 0.717) is 51.5 Å². The highest BCUT2D eigenvalue weighted by atomic mass is 19.4. The second-order valence-corrected chi connectivity index (χ2v) is 8.33. The van der Waals surface area contributed by atoms with E-state index >= 15 is 0 Å². The van der Waals surface area contributed by atoms with Crippen LogP contribution in [0.3, 0.4) is 0 Å². The molecule has 7 nitrogen and oxygen atoms in total. The number of halogens is 3. The van der Waals surface area contributed by atoms with Crippen LogP contribution in [0, 0.1) is 0 Å². The number of hydroxylamine groups is 2. The SMILES string of the molecule is O=C(ON1CCN(Cc2ccc(C(F)(F)F)cc2N2CCCC2)CC1)N1CCNCC1. The Bertz CT molecular complexity index is 756. The Labute approximate surface area is 180 Å². The monoisotopic (exact) mass is 441 g/mol. The van der Waals surface area contributed by atoms with Crippen molar-refractivity contribution in [1.29, 1.82) is 0 Å². The Kier molecular flexibility index (Phi) is 6.88. The maximum Gasteiger partial charge on any atom is 0.429 e. The normalized spacial score (nSPS) is 21.5. The molecule has 3 aliphatic heterocycles. The lowest BCUT2D eigenvalue weighted by molar-refractivity contribution is -0.137. The van der Waals surface area contributed by atoms with Gasteiger partial charge in [-0.2, -0.15) is 13.2 Å². The van der Waals surface area contributed by atoms with Crippen LogP contribution in [0.2, 0.25) is 0 Å². The number of anilines is 1. The fourth-order valence-corrected chi connectivity index (χ4v) is 4.36. The molecule has 0 aliphatic carbocycles. The standard InChI is InChI=1S/C21H30F3N5O2/c22-21(23,24)18-4-3-17(19(15-18)27-7-1-2-8-27)16-26-11-13-29(14-12-26)31-20(30)28-9-5-25-6-10-28/h3-4,15,25H,1-2,5-14,16H2. The van der Waals surface area contributed by atoms with Crippen molar-refractivity contribution in [2.75, 3.05) is 70.3 Å². The number of hydrogen-bond donors (Lipinski definition) is 1. The number of benzene rings is 1. The van der Waals surface area contributed by atoms with Crippen LogP contribution in [0.1, 0.15) is 24.0 Å². The zero-order valence-corrected chi connectivity index (χ0v) is 17.7. The van der Waals surface area contributed by atoms with Crippen LogP contribution in [0.25, 0.3) is 0 Å². The van der Waals surface area contributed by atoms with Crippen LogP contribution in [0.4, 0.5) is 23.7 Å². The molecular weight excluding hydrogens is 411 g/mol. The van der Waals surface area contributed by atoms with Crippen LogP contribution >= 0.6 is 0 Å². The summed E-state index contributed by atoms with van der Waals surface area (Å²) >= 11 is 0. The quantitative estimate of drug-likeness (QED) is 0.775. The molecule has 0 radical (unpaired) electrons. The maximum atomic E-state index is 13.2. The van der Waals surface area contributed by atoms with Crippen molar-refractivity contribution in [1.82, 2.24) is 20.2 Å². The third-order valence-electron chi connectivity index (χ3n) is 6.17. The van der Waals surface area contributed by atoms with Gasteiger partial charge < -0.3 is 20.0 Å². The molecule has 4 rings (SSSR count). The van der Waals surface area contributed by atoms with Gasteiger partial charge in [-0.25, -0.2) is 4.79 Å². The van der Waals surface area contributed by atoms with Gasteiger partial charge in [0.15, 0.2) is 0 Å². The predicted molar refractivity (Wildman–Crippen MR) is 111 cm³/mol. The highest BCUT2D eigenvalue weighted by Gasteiger charge is 2.32. The first-order chi connectivity index (χ1) is 14.9. The van der Waals surface area contributed by atoms with Crippen molar-refractivity contribution in [3.05, 3.63) is 29.3 Å². The fraction of sp³-hybridized carbons (Fsp3) is 0.667. The van der Waals surface area contributed by atoms with Gasteiger partial charge in [0.2, 0.25) is 0 Å². The van der Waals surface area contributed by atoms with E-state index in [0.717, 1.165) is 44.6 Å². The van der Waals surface area contributed by atoms with E-state index in [-0.39, 0.29) is 6.09 Å². The fourth-order valence-electron chi connectivity index (χ4n) is 4.36. The molecule has 3 saturated heterocycles. The summed E-state index contributed by atoms with van der Waals surface area (Å²) in [6.07, 6.45) is -2.64. The number of amides is 1. The molecule has 1 aromatic rings. The molecule has 1 amide bonds. The van der Waals surface area contributed by atoms with Crippen molar-refractivity contribution in [2.45, 2.75) is 25.6 Å². The van der Waals surface area contributed by atoms with Gasteiger partial charge in [-0.3, -0.25) is 4.90 Å². The topological polar surface area (TPSA) is 51.3 Å². The van der Waals surface area contributed by atoms with Gasteiger partial charge in [0.05, 0.1) is 5.56 Å². The van der Waals surface area contributed by atoms with Gasteiger partial charge in [0, 0.05) is 77.7 Å². The van der Waals surface area contributed by atoms with Crippen molar-refractivity contribution in [3.63, 3.8) is 0 Å². The van der Waals surface area contributed by atoms with Gasteiger partial charge in [-0.05, 0) is 30.5 Å². The van der Waals surface area contributed by atoms with E-state index in [1.54, 1.807) is 16.0 Å². The Balaban J connectivity index is 1.35. The summed E-state index contributed by atoms with van der Waals surface area (Å²) in [6, 6.07) is 4.10. The predicted octanol–water partition coefficient (Wildman–Crippen LogP) is 2.38. The second kappa shape index (κ2) is 9.62. The molecule has 0 unspecified atom stereocenters. The number of carbonyl (C=O) groups is 1. The van der Waals surface area contributed by atoms with Crippen molar-refractivity contribution >= 4 is 11.8 Å². The molecule has 0 saturated carbocycles. The first-order valence-corrected chi connectivity index (χ1v) is 11.0. The van der Waals surface area contributed by atoms with Gasteiger partial charge in [-0.15, -0.1) is 5.06 Å². The van der Waals surface area contributed by atoms with Crippen molar-refractivity contribution in [2.24, 2.45) is 0 Å². The second-order valence-electron chi connectivity index (χ2n) is 8.33. The first kappa shape index (κ1) is 22.2. The lowest BCUT2D eigenvalue weighted by Gasteiger charge is -2.35. The molecule has 3 heterocycles. The molecule has 1 N–H and O–H groups in total. The third kappa shape index (κ3) is 5.61. The van der Waals surface area contributed by atoms with E-state index < -0.39 is 11.7 Å². The summed E-state index contributed by atoms with van der Waals surface area (Å²) in [4.78, 5) is 23.8. The molecule has 0 bridgehead atoms. The molecule has 1 aromatic carbocycles. The summed E-state index contributed by atoms with van der Waals surface area (Å²) in [6.45, 7) is 7.56. The molecular formula is C21H30F3N5O2. The van der Waals surface area contributed by atoms with Crippen molar-refractivity contribution < 1.29 is 22.8 Å². The summed E-state index contributed by atoms with van der Waals surface area (Å²) in [5, 5.41) is 4.89. The number of rotatable bonds is 4. The van der Waals surface area contributed by atoms with E-state index in [9.17, 15) is 18.0 Å². The average molecular weight is 441 g/mol.